The predicted octanol–water partition coefficient (Wildman–Crippen LogP) is 3.05. The highest BCUT2D eigenvalue weighted by atomic mass is 35.5. The summed E-state index contributed by atoms with van der Waals surface area (Å²) in [5, 5.41) is 4.70. The number of aromatic nitrogens is 2. The molecule has 35 heavy (non-hydrogen) atoms. The van der Waals surface area contributed by atoms with Crippen LogP contribution in [0.15, 0.2) is 53.5 Å². The number of methoxy groups -OCH3 is 1. The fraction of sp³-hybridized carbons (Fsp3) is 0.136. The SMILES string of the molecule is COC(=O)[C@H](Cn1ccc(NC(=O)c2c(Cl)cccc2Cl)nc1=O)NC(=O)c1c(F)cccc1F. The molecule has 1 heterocycles. The molecule has 0 unspecified atom stereocenters. The van der Waals surface area contributed by atoms with Crippen LogP contribution >= 0.6 is 23.2 Å². The zero-order valence-electron chi connectivity index (χ0n) is 17.9. The number of benzene rings is 2. The van der Waals surface area contributed by atoms with Crippen molar-refractivity contribution in [1.29, 1.82) is 0 Å². The first-order chi connectivity index (χ1) is 16.6. The summed E-state index contributed by atoms with van der Waals surface area (Å²) in [6.45, 7) is -0.481. The molecule has 0 spiro atoms. The van der Waals surface area contributed by atoms with E-state index in [0.29, 0.717) is 0 Å². The van der Waals surface area contributed by atoms with Crippen molar-refractivity contribution < 1.29 is 27.9 Å². The van der Waals surface area contributed by atoms with Crippen LogP contribution in [0.5, 0.6) is 0 Å². The molecule has 2 N–H and O–H groups in total. The average Bonchev–Trinajstić information content (AvgIpc) is 2.79. The van der Waals surface area contributed by atoms with Gasteiger partial charge in [-0.1, -0.05) is 35.3 Å². The highest BCUT2D eigenvalue weighted by Gasteiger charge is 2.26. The Labute approximate surface area is 206 Å². The average molecular weight is 525 g/mol. The van der Waals surface area contributed by atoms with Crippen molar-refractivity contribution in [2.45, 2.75) is 12.6 Å². The third kappa shape index (κ3) is 6.00. The molecule has 0 radical (unpaired) electrons. The van der Waals surface area contributed by atoms with E-state index in [-0.39, 0.29) is 21.4 Å². The Hall–Kier alpha value is -3.83. The predicted molar refractivity (Wildman–Crippen MR) is 123 cm³/mol. The Morgan fingerprint density at radius 2 is 1.60 bits per heavy atom. The summed E-state index contributed by atoms with van der Waals surface area (Å²) in [5.41, 5.74) is -1.83. The number of esters is 1. The number of hydrogen-bond donors (Lipinski definition) is 2. The van der Waals surface area contributed by atoms with Crippen LogP contribution < -0.4 is 16.3 Å². The smallest absolute Gasteiger partial charge is 0.349 e. The second-order valence-corrected chi connectivity index (χ2v) is 7.76. The summed E-state index contributed by atoms with van der Waals surface area (Å²) >= 11 is 12.0. The lowest BCUT2D eigenvalue weighted by atomic mass is 10.1. The van der Waals surface area contributed by atoms with Crippen LogP contribution in [0.1, 0.15) is 20.7 Å². The summed E-state index contributed by atoms with van der Waals surface area (Å²) in [6, 6.07) is 7.06. The molecule has 2 amide bonds. The molecule has 3 aromatic rings. The number of carbonyl (C=O) groups excluding carboxylic acids is 3. The van der Waals surface area contributed by atoms with Crippen molar-refractivity contribution >= 4 is 46.8 Å². The van der Waals surface area contributed by atoms with Crippen LogP contribution in [0.3, 0.4) is 0 Å². The van der Waals surface area contributed by atoms with Gasteiger partial charge >= 0.3 is 11.7 Å². The molecular weight excluding hydrogens is 509 g/mol. The van der Waals surface area contributed by atoms with Gasteiger partial charge in [-0.3, -0.25) is 14.2 Å². The zero-order chi connectivity index (χ0) is 25.7. The van der Waals surface area contributed by atoms with Crippen molar-refractivity contribution in [3.63, 3.8) is 0 Å². The third-order valence-electron chi connectivity index (χ3n) is 4.67. The van der Waals surface area contributed by atoms with Crippen LogP contribution in [-0.4, -0.2) is 40.5 Å². The van der Waals surface area contributed by atoms with Gasteiger partial charge in [-0.05, 0) is 30.3 Å². The maximum atomic E-state index is 13.9. The van der Waals surface area contributed by atoms with E-state index in [0.717, 1.165) is 29.9 Å². The van der Waals surface area contributed by atoms with E-state index in [2.05, 4.69) is 20.4 Å². The first-order valence-corrected chi connectivity index (χ1v) is 10.5. The molecule has 2 aromatic carbocycles. The van der Waals surface area contributed by atoms with E-state index >= 15 is 0 Å². The second-order valence-electron chi connectivity index (χ2n) is 6.94. The topological polar surface area (TPSA) is 119 Å². The van der Waals surface area contributed by atoms with Gasteiger partial charge in [0.2, 0.25) is 0 Å². The Balaban J connectivity index is 1.79. The first kappa shape index (κ1) is 25.8. The van der Waals surface area contributed by atoms with Crippen molar-refractivity contribution in [3.05, 3.63) is 92.0 Å². The van der Waals surface area contributed by atoms with Crippen molar-refractivity contribution in [1.82, 2.24) is 14.9 Å². The fourth-order valence-corrected chi connectivity index (χ4v) is 3.56. The number of rotatable bonds is 7. The van der Waals surface area contributed by atoms with E-state index in [1.807, 2.05) is 0 Å². The third-order valence-corrected chi connectivity index (χ3v) is 5.30. The molecule has 0 saturated heterocycles. The van der Waals surface area contributed by atoms with E-state index in [1.165, 1.54) is 24.4 Å². The second kappa shape index (κ2) is 11.1. The van der Waals surface area contributed by atoms with E-state index in [9.17, 15) is 28.0 Å². The Morgan fingerprint density at radius 3 is 2.17 bits per heavy atom. The van der Waals surface area contributed by atoms with Gasteiger partial charge in [0.25, 0.3) is 11.8 Å². The summed E-state index contributed by atoms with van der Waals surface area (Å²) in [7, 11) is 1.03. The number of nitrogens with one attached hydrogen (secondary N) is 2. The van der Waals surface area contributed by atoms with Gasteiger partial charge in [0.15, 0.2) is 0 Å². The molecule has 0 fully saturated rings. The quantitative estimate of drug-likeness (QED) is 0.458. The van der Waals surface area contributed by atoms with Crippen molar-refractivity contribution in [3.8, 4) is 0 Å². The summed E-state index contributed by atoms with van der Waals surface area (Å²) in [6.07, 6.45) is 1.19. The first-order valence-electron chi connectivity index (χ1n) is 9.78. The van der Waals surface area contributed by atoms with Crippen molar-refractivity contribution in [2.24, 2.45) is 0 Å². The molecular formula is C22H16Cl2F2N4O5. The summed E-state index contributed by atoms with van der Waals surface area (Å²) < 4.78 is 33.4. The number of nitrogens with zero attached hydrogens (tertiary/aromatic N) is 2. The van der Waals surface area contributed by atoms with Gasteiger partial charge < -0.3 is 15.4 Å². The summed E-state index contributed by atoms with van der Waals surface area (Å²) in [4.78, 5) is 53.2. The zero-order valence-corrected chi connectivity index (χ0v) is 19.4. The van der Waals surface area contributed by atoms with Crippen molar-refractivity contribution in [2.75, 3.05) is 12.4 Å². The Morgan fingerprint density at radius 1 is 1.00 bits per heavy atom. The van der Waals surface area contributed by atoms with Crippen LogP contribution in [0.2, 0.25) is 10.0 Å². The fourth-order valence-electron chi connectivity index (χ4n) is 2.99. The van der Waals surface area contributed by atoms with Gasteiger partial charge in [0, 0.05) is 6.20 Å². The number of anilines is 1. The molecule has 0 aliphatic rings. The summed E-state index contributed by atoms with van der Waals surface area (Å²) in [5.74, 6) is -5.33. The van der Waals surface area contributed by atoms with Gasteiger partial charge in [-0.15, -0.1) is 0 Å². The number of ether oxygens (including phenoxy) is 1. The largest absolute Gasteiger partial charge is 0.467 e. The normalized spacial score (nSPS) is 11.5. The molecule has 0 aliphatic heterocycles. The minimum atomic E-state index is -1.49. The van der Waals surface area contributed by atoms with Crippen LogP contribution in [0, 0.1) is 11.6 Å². The molecule has 9 nitrogen and oxygen atoms in total. The standard InChI is InChI=1S/C22H16Cl2F2N4O5/c1-35-21(33)15(27-20(32)18-13(25)6-3-7-14(18)26)10-30-9-8-16(29-22(30)34)28-19(31)17-11(23)4-2-5-12(17)24/h2-9,15H,10H2,1H3,(H,27,32)(H,28,29,31,34)/t15-/m0/s1. The van der Waals surface area contributed by atoms with Crippen LogP contribution in [0.25, 0.3) is 0 Å². The number of carbonyl (C=O) groups is 3. The Kier molecular flexibility index (Phi) is 8.15. The lowest BCUT2D eigenvalue weighted by Gasteiger charge is -2.18. The maximum Gasteiger partial charge on any atom is 0.349 e. The number of amides is 2. The van der Waals surface area contributed by atoms with Crippen LogP contribution in [-0.2, 0) is 16.1 Å². The molecule has 182 valence electrons. The molecule has 3 rings (SSSR count). The lowest BCUT2D eigenvalue weighted by molar-refractivity contribution is -0.143. The minimum absolute atomic E-state index is 0.0179. The molecule has 0 bridgehead atoms. The van der Waals surface area contributed by atoms with E-state index in [1.54, 1.807) is 6.07 Å². The molecule has 1 aromatic heterocycles. The minimum Gasteiger partial charge on any atom is -0.467 e. The molecule has 0 saturated carbocycles. The van der Waals surface area contributed by atoms with Gasteiger partial charge in [-0.2, -0.15) is 4.98 Å². The number of hydrogen-bond acceptors (Lipinski definition) is 6. The molecule has 0 aliphatic carbocycles. The highest BCUT2D eigenvalue weighted by molar-refractivity contribution is 6.40. The van der Waals surface area contributed by atoms with E-state index in [4.69, 9.17) is 23.2 Å². The number of halogens is 4. The van der Waals surface area contributed by atoms with Gasteiger partial charge in [0.1, 0.15) is 29.1 Å². The molecule has 1 atom stereocenters. The Bertz CT molecular complexity index is 1330. The monoisotopic (exact) mass is 524 g/mol. The van der Waals surface area contributed by atoms with Gasteiger partial charge in [-0.25, -0.2) is 18.4 Å². The van der Waals surface area contributed by atoms with Crippen LogP contribution in [0.4, 0.5) is 14.6 Å². The lowest BCUT2D eigenvalue weighted by Crippen LogP contribution is -2.46. The van der Waals surface area contributed by atoms with Gasteiger partial charge in [0.05, 0.1) is 29.3 Å². The highest BCUT2D eigenvalue weighted by Crippen LogP contribution is 2.24. The maximum absolute atomic E-state index is 13.9. The molecule has 13 heteroatoms. The van der Waals surface area contributed by atoms with E-state index < -0.39 is 53.3 Å².